The summed E-state index contributed by atoms with van der Waals surface area (Å²) in [5.41, 5.74) is 3.30. The molecule has 1 aliphatic rings. The average Bonchev–Trinajstić information content (AvgIpc) is 3.35. The van der Waals surface area contributed by atoms with Crippen LogP contribution in [-0.4, -0.2) is 26.3 Å². The van der Waals surface area contributed by atoms with Crippen LogP contribution in [0.2, 0.25) is 5.02 Å². The van der Waals surface area contributed by atoms with E-state index in [4.69, 9.17) is 31.8 Å². The van der Waals surface area contributed by atoms with E-state index in [1.165, 1.54) is 0 Å². The lowest BCUT2D eigenvalue weighted by Gasteiger charge is -2.21. The first kappa shape index (κ1) is 26.1. The van der Waals surface area contributed by atoms with Crippen LogP contribution in [-0.2, 0) is 21.7 Å². The van der Waals surface area contributed by atoms with Gasteiger partial charge in [-0.1, -0.05) is 35.0 Å². The molecular weight excluding hydrogens is 516 g/mol. The van der Waals surface area contributed by atoms with E-state index in [2.05, 4.69) is 11.2 Å². The molecule has 9 heteroatoms. The number of fused-ring (bicyclic) bond motifs is 1. The van der Waals surface area contributed by atoms with Crippen LogP contribution in [0.3, 0.4) is 0 Å². The van der Waals surface area contributed by atoms with E-state index >= 15 is 0 Å². The molecule has 3 aromatic carbocycles. The summed E-state index contributed by atoms with van der Waals surface area (Å²) in [6.45, 7) is 1.95. The first-order valence-electron chi connectivity index (χ1n) is 12.6. The predicted molar refractivity (Wildman–Crippen MR) is 148 cm³/mol. The van der Waals surface area contributed by atoms with Gasteiger partial charge >= 0.3 is 5.97 Å². The molecule has 5 rings (SSSR count). The third kappa shape index (κ3) is 5.40. The third-order valence-electron chi connectivity index (χ3n) is 6.88. The van der Waals surface area contributed by atoms with Gasteiger partial charge in [-0.2, -0.15) is 5.26 Å². The van der Waals surface area contributed by atoms with Crippen LogP contribution < -0.4 is 5.56 Å². The van der Waals surface area contributed by atoms with Crippen LogP contribution in [0.25, 0.3) is 16.6 Å². The minimum atomic E-state index is -0.853. The monoisotopic (exact) mass is 540 g/mol. The smallest absolute Gasteiger partial charge is 0.303 e. The maximum Gasteiger partial charge on any atom is 0.303 e. The summed E-state index contributed by atoms with van der Waals surface area (Å²) in [6.07, 6.45) is 2.05. The van der Waals surface area contributed by atoms with Gasteiger partial charge < -0.3 is 9.94 Å². The van der Waals surface area contributed by atoms with Gasteiger partial charge in [-0.3, -0.25) is 14.2 Å². The van der Waals surface area contributed by atoms with E-state index in [0.29, 0.717) is 58.7 Å². The number of oxime groups is 1. The number of nitrogens with zero attached hydrogens (tertiary/aromatic N) is 4. The Balaban J connectivity index is 1.49. The van der Waals surface area contributed by atoms with Crippen molar-refractivity contribution in [3.05, 3.63) is 105 Å². The van der Waals surface area contributed by atoms with E-state index in [1.54, 1.807) is 47.0 Å². The number of halogens is 1. The van der Waals surface area contributed by atoms with Crippen LogP contribution in [0.1, 0.15) is 55.1 Å². The molecule has 2 heterocycles. The highest BCUT2D eigenvalue weighted by atomic mass is 35.5. The average molecular weight is 541 g/mol. The molecule has 0 amide bonds. The van der Waals surface area contributed by atoms with Gasteiger partial charge in [0.25, 0.3) is 5.56 Å². The molecule has 1 atom stereocenters. The Morgan fingerprint density at radius 2 is 1.87 bits per heavy atom. The number of hydrogen-bond acceptors (Lipinski definition) is 6. The Hall–Kier alpha value is -4.48. The Labute approximate surface area is 229 Å². The van der Waals surface area contributed by atoms with Crippen molar-refractivity contribution < 1.29 is 14.7 Å². The minimum Gasteiger partial charge on any atom is -0.481 e. The molecule has 1 N–H and O–H groups in total. The molecule has 39 heavy (non-hydrogen) atoms. The second-order valence-corrected chi connectivity index (χ2v) is 10.1. The maximum absolute atomic E-state index is 13.7. The fraction of sp³-hybridized carbons (Fsp3) is 0.233. The molecule has 0 saturated carbocycles. The van der Waals surface area contributed by atoms with Crippen molar-refractivity contribution in [1.29, 1.82) is 5.26 Å². The van der Waals surface area contributed by atoms with Crippen LogP contribution in [0, 0.1) is 11.3 Å². The number of rotatable bonds is 8. The Kier molecular flexibility index (Phi) is 7.18. The lowest BCUT2D eigenvalue weighted by Crippen LogP contribution is -2.24. The van der Waals surface area contributed by atoms with Gasteiger partial charge in [0.15, 0.2) is 5.60 Å². The van der Waals surface area contributed by atoms with Gasteiger partial charge in [-0.15, -0.1) is 0 Å². The lowest BCUT2D eigenvalue weighted by molar-refractivity contribution is -0.137. The summed E-state index contributed by atoms with van der Waals surface area (Å²) in [5.74, 6) is -0.307. The van der Waals surface area contributed by atoms with Crippen molar-refractivity contribution in [2.24, 2.45) is 5.16 Å². The Morgan fingerprint density at radius 3 is 2.56 bits per heavy atom. The number of benzene rings is 3. The molecule has 0 bridgehead atoms. The number of nitriles is 1. The van der Waals surface area contributed by atoms with Crippen molar-refractivity contribution in [1.82, 2.24) is 9.55 Å². The number of carboxylic acids is 1. The van der Waals surface area contributed by atoms with E-state index in [1.807, 2.05) is 31.2 Å². The summed E-state index contributed by atoms with van der Waals surface area (Å²) in [6, 6.07) is 21.8. The highest BCUT2D eigenvalue weighted by Crippen LogP contribution is 2.36. The zero-order valence-electron chi connectivity index (χ0n) is 21.2. The summed E-state index contributed by atoms with van der Waals surface area (Å²) in [4.78, 5) is 35.3. The number of aliphatic carboxylic acids is 1. The Morgan fingerprint density at radius 1 is 1.13 bits per heavy atom. The fourth-order valence-corrected chi connectivity index (χ4v) is 4.87. The van der Waals surface area contributed by atoms with Crippen LogP contribution >= 0.6 is 11.6 Å². The van der Waals surface area contributed by atoms with Crippen molar-refractivity contribution >= 4 is 34.2 Å². The molecule has 0 aliphatic carbocycles. The van der Waals surface area contributed by atoms with Crippen LogP contribution in [0.4, 0.5) is 0 Å². The molecule has 4 aromatic rings. The molecule has 0 radical (unpaired) electrons. The highest BCUT2D eigenvalue weighted by molar-refractivity contribution is 6.30. The lowest BCUT2D eigenvalue weighted by atomic mass is 9.88. The van der Waals surface area contributed by atoms with Gasteiger partial charge in [-0.05, 0) is 73.9 Å². The normalized spacial score (nSPS) is 16.5. The molecular formula is C30H25ClN4O4. The molecule has 1 unspecified atom stereocenters. The largest absolute Gasteiger partial charge is 0.481 e. The van der Waals surface area contributed by atoms with Gasteiger partial charge in [0.05, 0.1) is 33.9 Å². The summed E-state index contributed by atoms with van der Waals surface area (Å²) in [5, 5.41) is 23.5. The van der Waals surface area contributed by atoms with Gasteiger partial charge in [0.1, 0.15) is 5.82 Å². The van der Waals surface area contributed by atoms with E-state index in [-0.39, 0.29) is 12.0 Å². The molecule has 0 saturated heterocycles. The minimum absolute atomic E-state index is 0.0563. The molecule has 0 spiro atoms. The zero-order valence-corrected chi connectivity index (χ0v) is 22.0. The van der Waals surface area contributed by atoms with Crippen molar-refractivity contribution in [2.75, 3.05) is 0 Å². The highest BCUT2D eigenvalue weighted by Gasteiger charge is 2.36. The fourth-order valence-electron chi connectivity index (χ4n) is 4.74. The number of hydrogen-bond donors (Lipinski definition) is 1. The Bertz CT molecular complexity index is 1690. The van der Waals surface area contributed by atoms with E-state index < -0.39 is 11.6 Å². The third-order valence-corrected chi connectivity index (χ3v) is 7.14. The second kappa shape index (κ2) is 10.7. The maximum atomic E-state index is 13.7. The first-order valence-corrected chi connectivity index (χ1v) is 12.9. The van der Waals surface area contributed by atoms with Gasteiger partial charge in [-0.25, -0.2) is 4.98 Å². The summed E-state index contributed by atoms with van der Waals surface area (Å²) >= 11 is 6.07. The quantitative estimate of drug-likeness (QED) is 0.284. The van der Waals surface area contributed by atoms with E-state index in [9.17, 15) is 9.59 Å². The SMILES string of the molecule is CC1(c2ccc(C#N)cc2)CC(c2ccc3c(=O)n(-c4ccc(Cl)cc4)c(CCCCC(=O)O)nc3c2)=NO1. The van der Waals surface area contributed by atoms with Gasteiger partial charge in [0, 0.05) is 29.8 Å². The van der Waals surface area contributed by atoms with Gasteiger partial charge in [0.2, 0.25) is 0 Å². The standard InChI is InChI=1S/C30H25ClN4O4/c1-30(21-9-6-19(18-32)7-10-21)17-26(34-39-30)20-8-15-24-25(16-20)33-27(4-2-3-5-28(36)37)35(29(24)38)23-13-11-22(31)12-14-23/h6-16H,2-5,17H2,1H3,(H,36,37). The molecule has 0 fully saturated rings. The molecule has 8 nitrogen and oxygen atoms in total. The number of carboxylic acid groups (broad SMARTS) is 1. The molecule has 1 aromatic heterocycles. The summed E-state index contributed by atoms with van der Waals surface area (Å²) < 4.78 is 1.57. The van der Waals surface area contributed by atoms with Crippen LogP contribution in [0.5, 0.6) is 0 Å². The van der Waals surface area contributed by atoms with Crippen molar-refractivity contribution in [2.45, 2.75) is 44.6 Å². The zero-order chi connectivity index (χ0) is 27.6. The number of carbonyl (C=O) groups is 1. The number of aromatic nitrogens is 2. The number of aryl methyl sites for hydroxylation is 1. The summed E-state index contributed by atoms with van der Waals surface area (Å²) in [7, 11) is 0. The topological polar surface area (TPSA) is 118 Å². The molecule has 196 valence electrons. The van der Waals surface area contributed by atoms with E-state index in [0.717, 1.165) is 16.8 Å². The number of unbranched alkanes of at least 4 members (excludes halogenated alkanes) is 1. The van der Waals surface area contributed by atoms with Crippen molar-refractivity contribution in [3.63, 3.8) is 0 Å². The predicted octanol–water partition coefficient (Wildman–Crippen LogP) is 5.75. The van der Waals surface area contributed by atoms with Crippen LogP contribution in [0.15, 0.2) is 76.7 Å². The molecule has 1 aliphatic heterocycles. The first-order chi connectivity index (χ1) is 18.8. The second-order valence-electron chi connectivity index (χ2n) is 9.70. The van der Waals surface area contributed by atoms with Crippen molar-refractivity contribution in [3.8, 4) is 11.8 Å².